The first-order chi connectivity index (χ1) is 6.68. The number of H-pyrrole nitrogens is 1. The van der Waals surface area contributed by atoms with E-state index in [1.165, 1.54) is 12.3 Å². The van der Waals surface area contributed by atoms with Crippen LogP contribution in [0.5, 0.6) is 0 Å². The maximum absolute atomic E-state index is 10.9. The highest BCUT2D eigenvalue weighted by Gasteiger charge is 1.97. The third-order valence-corrected chi connectivity index (χ3v) is 2.66. The van der Waals surface area contributed by atoms with Crippen LogP contribution in [-0.4, -0.2) is 21.8 Å². The van der Waals surface area contributed by atoms with Crippen molar-refractivity contribution in [1.29, 1.82) is 0 Å². The molecule has 0 aromatic carbocycles. The van der Waals surface area contributed by atoms with E-state index in [4.69, 9.17) is 5.73 Å². The maximum Gasteiger partial charge on any atom is 0.251 e. The van der Waals surface area contributed by atoms with Crippen molar-refractivity contribution in [1.82, 2.24) is 9.97 Å². The SMILES string of the molecule is CC(N)CCCSc1nccc(=O)[nH]1. The van der Waals surface area contributed by atoms with Crippen molar-refractivity contribution in [3.8, 4) is 0 Å². The third kappa shape index (κ3) is 4.43. The number of aromatic amines is 1. The van der Waals surface area contributed by atoms with Gasteiger partial charge in [0.1, 0.15) is 0 Å². The van der Waals surface area contributed by atoms with Crippen LogP contribution in [0.25, 0.3) is 0 Å². The predicted molar refractivity (Wildman–Crippen MR) is 58.5 cm³/mol. The minimum Gasteiger partial charge on any atom is -0.328 e. The van der Waals surface area contributed by atoms with Crippen molar-refractivity contribution < 1.29 is 0 Å². The Balaban J connectivity index is 2.28. The quantitative estimate of drug-likeness (QED) is 0.434. The molecule has 1 unspecified atom stereocenters. The first kappa shape index (κ1) is 11.3. The van der Waals surface area contributed by atoms with Gasteiger partial charge in [0.25, 0.3) is 5.56 Å². The van der Waals surface area contributed by atoms with Gasteiger partial charge in [0.15, 0.2) is 5.16 Å². The topological polar surface area (TPSA) is 71.8 Å². The van der Waals surface area contributed by atoms with Crippen molar-refractivity contribution in [2.45, 2.75) is 31.0 Å². The van der Waals surface area contributed by atoms with E-state index in [2.05, 4.69) is 9.97 Å². The largest absolute Gasteiger partial charge is 0.328 e. The molecule has 14 heavy (non-hydrogen) atoms. The number of hydrogen-bond donors (Lipinski definition) is 2. The standard InChI is InChI=1S/C9H15N3OS/c1-7(10)3-2-6-14-9-11-5-4-8(13)12-9/h4-5,7H,2-3,6,10H2,1H3,(H,11,12,13). The fourth-order valence-corrected chi connectivity index (χ4v) is 1.81. The summed E-state index contributed by atoms with van der Waals surface area (Å²) < 4.78 is 0. The van der Waals surface area contributed by atoms with Crippen LogP contribution in [0.3, 0.4) is 0 Å². The predicted octanol–water partition coefficient (Wildman–Crippen LogP) is 0.989. The van der Waals surface area contributed by atoms with E-state index in [0.717, 1.165) is 18.6 Å². The normalized spacial score (nSPS) is 12.7. The van der Waals surface area contributed by atoms with E-state index in [1.807, 2.05) is 6.92 Å². The summed E-state index contributed by atoms with van der Waals surface area (Å²) in [4.78, 5) is 17.6. The molecule has 0 aliphatic rings. The van der Waals surface area contributed by atoms with Crippen LogP contribution in [0.2, 0.25) is 0 Å². The lowest BCUT2D eigenvalue weighted by Crippen LogP contribution is -2.14. The molecule has 0 amide bonds. The molecule has 1 aromatic rings. The molecule has 78 valence electrons. The van der Waals surface area contributed by atoms with Crippen molar-refractivity contribution >= 4 is 11.8 Å². The molecule has 0 bridgehead atoms. The average Bonchev–Trinajstić information content (AvgIpc) is 2.12. The molecule has 4 nitrogen and oxygen atoms in total. The van der Waals surface area contributed by atoms with Crippen LogP contribution < -0.4 is 11.3 Å². The van der Waals surface area contributed by atoms with E-state index >= 15 is 0 Å². The fraction of sp³-hybridized carbons (Fsp3) is 0.556. The number of nitrogens with zero attached hydrogens (tertiary/aromatic N) is 1. The Morgan fingerprint density at radius 1 is 1.71 bits per heavy atom. The van der Waals surface area contributed by atoms with E-state index in [0.29, 0.717) is 5.16 Å². The molecule has 0 saturated carbocycles. The molecule has 1 atom stereocenters. The highest BCUT2D eigenvalue weighted by atomic mass is 32.2. The van der Waals surface area contributed by atoms with Crippen LogP contribution in [-0.2, 0) is 0 Å². The Morgan fingerprint density at radius 2 is 2.50 bits per heavy atom. The average molecular weight is 213 g/mol. The summed E-state index contributed by atoms with van der Waals surface area (Å²) in [5, 5.41) is 0.683. The van der Waals surface area contributed by atoms with Crippen LogP contribution in [0.4, 0.5) is 0 Å². The zero-order valence-corrected chi connectivity index (χ0v) is 9.01. The molecule has 0 fully saturated rings. The van der Waals surface area contributed by atoms with Gasteiger partial charge in [0.05, 0.1) is 0 Å². The lowest BCUT2D eigenvalue weighted by atomic mass is 10.2. The Bertz CT molecular complexity index is 324. The van der Waals surface area contributed by atoms with Crippen molar-refractivity contribution in [3.05, 3.63) is 22.6 Å². The molecule has 1 aromatic heterocycles. The Labute approximate surface area is 87.3 Å². The molecule has 0 aliphatic carbocycles. The van der Waals surface area contributed by atoms with Gasteiger partial charge in [0.2, 0.25) is 0 Å². The van der Waals surface area contributed by atoms with E-state index in [1.54, 1.807) is 11.8 Å². The number of hydrogen-bond acceptors (Lipinski definition) is 4. The lowest BCUT2D eigenvalue weighted by Gasteiger charge is -2.03. The number of nitrogens with one attached hydrogen (secondary N) is 1. The first-order valence-corrected chi connectivity index (χ1v) is 5.61. The molecule has 5 heteroatoms. The Hall–Kier alpha value is -0.810. The maximum atomic E-state index is 10.9. The molecule has 0 aliphatic heterocycles. The van der Waals surface area contributed by atoms with Crippen molar-refractivity contribution in [2.24, 2.45) is 5.73 Å². The van der Waals surface area contributed by atoms with Crippen LogP contribution in [0, 0.1) is 0 Å². The van der Waals surface area contributed by atoms with Gasteiger partial charge < -0.3 is 10.7 Å². The molecule has 1 heterocycles. The van der Waals surface area contributed by atoms with Gasteiger partial charge in [0, 0.05) is 24.1 Å². The Kier molecular flexibility index (Phi) is 4.69. The number of thioether (sulfide) groups is 1. The van der Waals surface area contributed by atoms with Gasteiger partial charge >= 0.3 is 0 Å². The van der Waals surface area contributed by atoms with Gasteiger partial charge in [-0.05, 0) is 19.8 Å². The summed E-state index contributed by atoms with van der Waals surface area (Å²) in [5.41, 5.74) is 5.51. The minimum atomic E-state index is -0.102. The monoisotopic (exact) mass is 213 g/mol. The zero-order valence-electron chi connectivity index (χ0n) is 8.19. The molecular formula is C9H15N3OS. The van der Waals surface area contributed by atoms with E-state index in [-0.39, 0.29) is 11.6 Å². The van der Waals surface area contributed by atoms with Gasteiger partial charge in [-0.3, -0.25) is 4.79 Å². The number of rotatable bonds is 5. The number of aromatic nitrogens is 2. The second kappa shape index (κ2) is 5.82. The molecular weight excluding hydrogens is 198 g/mol. The van der Waals surface area contributed by atoms with E-state index in [9.17, 15) is 4.79 Å². The molecule has 1 rings (SSSR count). The second-order valence-corrected chi connectivity index (χ2v) is 4.29. The third-order valence-electron chi connectivity index (χ3n) is 1.69. The van der Waals surface area contributed by atoms with Gasteiger partial charge in [-0.2, -0.15) is 0 Å². The summed E-state index contributed by atoms with van der Waals surface area (Å²) in [6.07, 6.45) is 3.57. The van der Waals surface area contributed by atoms with Crippen LogP contribution >= 0.6 is 11.8 Å². The van der Waals surface area contributed by atoms with Gasteiger partial charge in [-0.1, -0.05) is 11.8 Å². The minimum absolute atomic E-state index is 0.102. The van der Waals surface area contributed by atoms with Gasteiger partial charge in [-0.15, -0.1) is 0 Å². The highest BCUT2D eigenvalue weighted by Crippen LogP contribution is 2.12. The van der Waals surface area contributed by atoms with Crippen LogP contribution in [0.15, 0.2) is 22.2 Å². The summed E-state index contributed by atoms with van der Waals surface area (Å²) >= 11 is 1.55. The molecule has 0 radical (unpaired) electrons. The first-order valence-electron chi connectivity index (χ1n) is 4.62. The van der Waals surface area contributed by atoms with Gasteiger partial charge in [-0.25, -0.2) is 4.98 Å². The van der Waals surface area contributed by atoms with Crippen LogP contribution in [0.1, 0.15) is 19.8 Å². The highest BCUT2D eigenvalue weighted by molar-refractivity contribution is 7.99. The smallest absolute Gasteiger partial charge is 0.251 e. The molecule has 3 N–H and O–H groups in total. The van der Waals surface area contributed by atoms with Crippen molar-refractivity contribution in [3.63, 3.8) is 0 Å². The molecule has 0 spiro atoms. The summed E-state index contributed by atoms with van der Waals surface area (Å²) in [6.45, 7) is 1.99. The second-order valence-electron chi connectivity index (χ2n) is 3.21. The summed E-state index contributed by atoms with van der Waals surface area (Å²) in [7, 11) is 0. The van der Waals surface area contributed by atoms with Crippen molar-refractivity contribution in [2.75, 3.05) is 5.75 Å². The summed E-state index contributed by atoms with van der Waals surface area (Å²) in [5.74, 6) is 0.939. The zero-order chi connectivity index (χ0) is 10.4. The van der Waals surface area contributed by atoms with E-state index < -0.39 is 0 Å². The molecule has 0 saturated heterocycles. The number of nitrogens with two attached hydrogens (primary N) is 1. The lowest BCUT2D eigenvalue weighted by molar-refractivity contribution is 0.656. The Morgan fingerprint density at radius 3 is 3.14 bits per heavy atom. The summed E-state index contributed by atoms with van der Waals surface area (Å²) in [6, 6.07) is 1.66. The fourth-order valence-electron chi connectivity index (χ4n) is 0.999.